The predicted molar refractivity (Wildman–Crippen MR) is 179 cm³/mol. The maximum Gasteiger partial charge on any atom is 0.271 e. The fourth-order valence-electron chi connectivity index (χ4n) is 3.91. The second-order valence-electron chi connectivity index (χ2n) is 9.45. The number of aromatic nitrogens is 1. The molecule has 222 valence electrons. The minimum Gasteiger partial charge on any atom is -0.483 e. The number of aryl methyl sites for hydroxylation is 1. The minimum absolute atomic E-state index is 0.288. The van der Waals surface area contributed by atoms with E-state index in [1.54, 1.807) is 48.5 Å². The third-order valence-electron chi connectivity index (χ3n) is 6.15. The van der Waals surface area contributed by atoms with Crippen LogP contribution in [-0.2, 0) is 4.79 Å². The Kier molecular flexibility index (Phi) is 10.1. The maximum atomic E-state index is 12.7. The lowest BCUT2D eigenvalue weighted by atomic mass is 10.1. The number of benzene rings is 4. The first kappa shape index (κ1) is 31.0. The fourth-order valence-corrected chi connectivity index (χ4v) is 5.13. The summed E-state index contributed by atoms with van der Waals surface area (Å²) in [5, 5.41) is 13.9. The normalized spacial score (nSPS) is 10.9. The van der Waals surface area contributed by atoms with Crippen LogP contribution in [-0.4, -0.2) is 29.6 Å². The van der Waals surface area contributed by atoms with Gasteiger partial charge in [-0.1, -0.05) is 64.6 Å². The molecule has 3 N–H and O–H groups in total. The van der Waals surface area contributed by atoms with Gasteiger partial charge in [-0.05, 0) is 67.6 Å². The molecule has 0 spiro atoms. The maximum absolute atomic E-state index is 12.7. The first-order chi connectivity index (χ1) is 21.2. The Hall–Kier alpha value is -4.41. The molecule has 5 rings (SSSR count). The molecule has 4 aromatic carbocycles. The molecular formula is C32H24Cl3N5O3S. The summed E-state index contributed by atoms with van der Waals surface area (Å²) < 4.78 is 5.67. The van der Waals surface area contributed by atoms with Gasteiger partial charge in [0, 0.05) is 38.5 Å². The van der Waals surface area contributed by atoms with Gasteiger partial charge in [0.2, 0.25) is 0 Å². The van der Waals surface area contributed by atoms with Crippen molar-refractivity contribution in [1.29, 1.82) is 0 Å². The molecule has 0 atom stereocenters. The summed E-state index contributed by atoms with van der Waals surface area (Å²) in [4.78, 5) is 29.8. The van der Waals surface area contributed by atoms with Crippen LogP contribution in [0.25, 0.3) is 11.3 Å². The van der Waals surface area contributed by atoms with Crippen molar-refractivity contribution in [3.05, 3.63) is 122 Å². The number of hydrogen-bond acceptors (Lipinski definition) is 7. The highest BCUT2D eigenvalue weighted by molar-refractivity contribution is 7.14. The molecule has 1 heterocycles. The van der Waals surface area contributed by atoms with E-state index >= 15 is 0 Å². The molecule has 1 aromatic heterocycles. The molecule has 5 aromatic rings. The highest BCUT2D eigenvalue weighted by Gasteiger charge is 2.11. The number of thiazole rings is 1. The highest BCUT2D eigenvalue weighted by atomic mass is 35.5. The summed E-state index contributed by atoms with van der Waals surface area (Å²) in [6, 6.07) is 24.7. The number of carbonyl (C=O) groups excluding carboxylic acids is 2. The largest absolute Gasteiger partial charge is 0.483 e. The number of nitrogens with one attached hydrogen (secondary N) is 3. The summed E-state index contributed by atoms with van der Waals surface area (Å²) in [6.45, 7) is 1.75. The first-order valence-electron chi connectivity index (χ1n) is 13.1. The van der Waals surface area contributed by atoms with E-state index < -0.39 is 11.8 Å². The van der Waals surface area contributed by atoms with Crippen LogP contribution in [0.1, 0.15) is 21.5 Å². The van der Waals surface area contributed by atoms with Crippen molar-refractivity contribution < 1.29 is 14.3 Å². The van der Waals surface area contributed by atoms with E-state index in [1.165, 1.54) is 23.1 Å². The number of ether oxygens (including phenoxy) is 1. The van der Waals surface area contributed by atoms with Gasteiger partial charge in [-0.25, -0.2) is 10.4 Å². The monoisotopic (exact) mass is 663 g/mol. The molecule has 0 bridgehead atoms. The van der Waals surface area contributed by atoms with Crippen molar-refractivity contribution in [2.24, 2.45) is 5.10 Å². The van der Waals surface area contributed by atoms with Gasteiger partial charge < -0.3 is 15.4 Å². The summed E-state index contributed by atoms with van der Waals surface area (Å²) in [6.07, 6.45) is 1.39. The van der Waals surface area contributed by atoms with Crippen molar-refractivity contribution >= 4 is 80.7 Å². The lowest BCUT2D eigenvalue weighted by molar-refractivity contribution is -0.118. The molecule has 44 heavy (non-hydrogen) atoms. The fraction of sp³-hybridized carbons (Fsp3) is 0.0625. The van der Waals surface area contributed by atoms with E-state index in [9.17, 15) is 9.59 Å². The molecule has 0 fully saturated rings. The topological polar surface area (TPSA) is 105 Å². The summed E-state index contributed by atoms with van der Waals surface area (Å²) in [5.74, 6) is -0.465. The lowest BCUT2D eigenvalue weighted by Gasteiger charge is -2.10. The van der Waals surface area contributed by atoms with E-state index in [-0.39, 0.29) is 6.61 Å². The SMILES string of the molecule is Cc1ccc(Nc2nc(-c3ccc(C(=O)N/N=C/c4cc(Cl)ccc4OCC(=O)Nc4ccc(Cl)c(Cl)c4)cc3)cs2)cc1. The number of rotatable bonds is 10. The Morgan fingerprint density at radius 2 is 1.66 bits per heavy atom. The van der Waals surface area contributed by atoms with Gasteiger partial charge in [0.05, 0.1) is 22.0 Å². The second-order valence-corrected chi connectivity index (χ2v) is 11.6. The van der Waals surface area contributed by atoms with Crippen LogP contribution in [0.15, 0.2) is 95.4 Å². The number of halogens is 3. The third kappa shape index (κ3) is 8.36. The zero-order valence-electron chi connectivity index (χ0n) is 23.1. The highest BCUT2D eigenvalue weighted by Crippen LogP contribution is 2.28. The van der Waals surface area contributed by atoms with Gasteiger partial charge in [0.25, 0.3) is 11.8 Å². The molecule has 0 aliphatic carbocycles. The van der Waals surface area contributed by atoms with E-state index in [2.05, 4.69) is 26.1 Å². The van der Waals surface area contributed by atoms with Gasteiger partial charge in [0.15, 0.2) is 11.7 Å². The van der Waals surface area contributed by atoms with Crippen LogP contribution in [0, 0.1) is 6.92 Å². The van der Waals surface area contributed by atoms with Crippen molar-refractivity contribution in [2.45, 2.75) is 6.92 Å². The van der Waals surface area contributed by atoms with Gasteiger partial charge >= 0.3 is 0 Å². The van der Waals surface area contributed by atoms with Gasteiger partial charge in [0.1, 0.15) is 5.75 Å². The smallest absolute Gasteiger partial charge is 0.271 e. The number of carbonyl (C=O) groups is 2. The van der Waals surface area contributed by atoms with Gasteiger partial charge in [-0.2, -0.15) is 5.10 Å². The van der Waals surface area contributed by atoms with E-state index in [0.29, 0.717) is 37.6 Å². The number of hydrogen-bond donors (Lipinski definition) is 3. The summed E-state index contributed by atoms with van der Waals surface area (Å²) >= 11 is 19.6. The zero-order chi connectivity index (χ0) is 31.1. The summed E-state index contributed by atoms with van der Waals surface area (Å²) in [7, 11) is 0. The molecule has 0 saturated carbocycles. The Bertz CT molecular complexity index is 1830. The Morgan fingerprint density at radius 1 is 0.909 bits per heavy atom. The molecular weight excluding hydrogens is 641 g/mol. The molecule has 0 aliphatic heterocycles. The minimum atomic E-state index is -0.408. The van der Waals surface area contributed by atoms with Crippen LogP contribution in [0.2, 0.25) is 15.1 Å². The van der Waals surface area contributed by atoms with Gasteiger partial charge in [-0.15, -0.1) is 11.3 Å². The molecule has 0 saturated heterocycles. The number of amides is 2. The average molecular weight is 665 g/mol. The van der Waals surface area contributed by atoms with Crippen molar-refractivity contribution in [3.8, 4) is 17.0 Å². The quantitative estimate of drug-likeness (QED) is 0.102. The zero-order valence-corrected chi connectivity index (χ0v) is 26.2. The molecule has 0 unspecified atom stereocenters. The predicted octanol–water partition coefficient (Wildman–Crippen LogP) is 8.60. The molecule has 12 heteroatoms. The van der Waals surface area contributed by atoms with E-state index in [0.717, 1.165) is 22.1 Å². The van der Waals surface area contributed by atoms with Crippen LogP contribution >= 0.6 is 46.1 Å². The van der Waals surface area contributed by atoms with Crippen LogP contribution < -0.4 is 20.8 Å². The van der Waals surface area contributed by atoms with E-state index in [4.69, 9.17) is 39.5 Å². The van der Waals surface area contributed by atoms with Crippen LogP contribution in [0.5, 0.6) is 5.75 Å². The first-order valence-corrected chi connectivity index (χ1v) is 15.2. The standard InChI is InChI=1S/C32H24Cl3N5O3S/c1-19-2-9-24(10-3-19)38-32-39-28(18-44-32)20-4-6-21(7-5-20)31(42)40-36-16-22-14-23(33)8-13-29(22)43-17-30(41)37-25-11-12-26(34)27(35)15-25/h2-16,18H,17H2,1H3,(H,37,41)(H,38,39)(H,40,42)/b36-16+. The van der Waals surface area contributed by atoms with Crippen LogP contribution in [0.3, 0.4) is 0 Å². The van der Waals surface area contributed by atoms with Crippen LogP contribution in [0.4, 0.5) is 16.5 Å². The van der Waals surface area contributed by atoms with E-state index in [1.807, 2.05) is 48.7 Å². The number of hydrazone groups is 1. The lowest BCUT2D eigenvalue weighted by Crippen LogP contribution is -2.20. The number of anilines is 3. The molecule has 8 nitrogen and oxygen atoms in total. The average Bonchev–Trinajstić information content (AvgIpc) is 3.48. The Labute approximate surface area is 272 Å². The second kappa shape index (κ2) is 14.4. The van der Waals surface area contributed by atoms with Crippen molar-refractivity contribution in [2.75, 3.05) is 17.2 Å². The Balaban J connectivity index is 1.16. The Morgan fingerprint density at radius 3 is 2.41 bits per heavy atom. The third-order valence-corrected chi connectivity index (χ3v) is 7.89. The van der Waals surface area contributed by atoms with Gasteiger partial charge in [-0.3, -0.25) is 9.59 Å². The molecule has 2 amide bonds. The van der Waals surface area contributed by atoms with Crippen molar-refractivity contribution in [1.82, 2.24) is 10.4 Å². The number of nitrogens with zero attached hydrogens (tertiary/aromatic N) is 2. The van der Waals surface area contributed by atoms with Crippen molar-refractivity contribution in [3.63, 3.8) is 0 Å². The molecule has 0 radical (unpaired) electrons. The molecule has 0 aliphatic rings. The summed E-state index contributed by atoms with van der Waals surface area (Å²) in [5.41, 5.74) is 7.69.